The highest BCUT2D eigenvalue weighted by molar-refractivity contribution is 6.32. The monoisotopic (exact) mass is 394 g/mol. The molecule has 140 valence electrons. The van der Waals surface area contributed by atoms with Crippen molar-refractivity contribution in [1.29, 1.82) is 0 Å². The van der Waals surface area contributed by atoms with Crippen molar-refractivity contribution in [3.05, 3.63) is 58.1 Å². The van der Waals surface area contributed by atoms with E-state index >= 15 is 0 Å². The van der Waals surface area contributed by atoms with Gasteiger partial charge in [0.25, 0.3) is 0 Å². The zero-order chi connectivity index (χ0) is 18.5. The summed E-state index contributed by atoms with van der Waals surface area (Å²) < 4.78 is 5.63. The van der Waals surface area contributed by atoms with Crippen LogP contribution in [0.3, 0.4) is 0 Å². The molecule has 1 atom stereocenters. The van der Waals surface area contributed by atoms with Gasteiger partial charge in [-0.05, 0) is 36.8 Å². The van der Waals surface area contributed by atoms with Crippen molar-refractivity contribution in [2.75, 3.05) is 44.2 Å². The molecule has 6 heteroatoms. The van der Waals surface area contributed by atoms with Crippen LogP contribution in [0.4, 0.5) is 5.69 Å². The van der Waals surface area contributed by atoms with Crippen LogP contribution in [0.25, 0.3) is 0 Å². The zero-order valence-electron chi connectivity index (χ0n) is 14.9. The first-order chi connectivity index (χ1) is 12.5. The molecule has 1 aliphatic rings. The number of piperazine rings is 1. The van der Waals surface area contributed by atoms with E-state index in [1.165, 1.54) is 11.3 Å². The molecular formula is C20H24Cl2N2O2. The molecule has 1 aliphatic heterocycles. The van der Waals surface area contributed by atoms with Crippen LogP contribution in [0.15, 0.2) is 42.5 Å². The Morgan fingerprint density at radius 2 is 1.81 bits per heavy atom. The minimum Gasteiger partial charge on any atom is -0.489 e. The Morgan fingerprint density at radius 1 is 1.08 bits per heavy atom. The topological polar surface area (TPSA) is 35.9 Å². The Hall–Kier alpha value is -1.46. The molecular weight excluding hydrogens is 371 g/mol. The lowest BCUT2D eigenvalue weighted by Crippen LogP contribution is -2.49. The highest BCUT2D eigenvalue weighted by Gasteiger charge is 2.21. The summed E-state index contributed by atoms with van der Waals surface area (Å²) in [6.07, 6.45) is -0.550. The van der Waals surface area contributed by atoms with Crippen LogP contribution < -0.4 is 9.64 Å². The maximum atomic E-state index is 10.3. The van der Waals surface area contributed by atoms with Crippen LogP contribution >= 0.6 is 23.2 Å². The van der Waals surface area contributed by atoms with Crippen molar-refractivity contribution in [3.63, 3.8) is 0 Å². The lowest BCUT2D eigenvalue weighted by molar-refractivity contribution is 0.0663. The van der Waals surface area contributed by atoms with Gasteiger partial charge in [0.2, 0.25) is 0 Å². The SMILES string of the molecule is Cc1ccc(Cl)cc1N1CCN(CC(O)COc2ccccc2Cl)CC1. The number of halogens is 2. The quantitative estimate of drug-likeness (QED) is 0.806. The molecule has 0 aliphatic carbocycles. The van der Waals surface area contributed by atoms with E-state index in [0.29, 0.717) is 17.3 Å². The molecule has 1 saturated heterocycles. The van der Waals surface area contributed by atoms with Gasteiger partial charge in [0.15, 0.2) is 0 Å². The highest BCUT2D eigenvalue weighted by Crippen LogP contribution is 2.26. The lowest BCUT2D eigenvalue weighted by Gasteiger charge is -2.37. The summed E-state index contributed by atoms with van der Waals surface area (Å²) in [4.78, 5) is 4.61. The summed E-state index contributed by atoms with van der Waals surface area (Å²) in [5.74, 6) is 0.606. The van der Waals surface area contributed by atoms with Gasteiger partial charge in [-0.15, -0.1) is 0 Å². The molecule has 2 aromatic rings. The number of benzene rings is 2. The van der Waals surface area contributed by atoms with Crippen molar-refractivity contribution in [3.8, 4) is 5.75 Å². The number of ether oxygens (including phenoxy) is 1. The van der Waals surface area contributed by atoms with Crippen molar-refractivity contribution in [2.24, 2.45) is 0 Å². The first kappa shape index (κ1) is 19.3. The standard InChI is InChI=1S/C20H24Cl2N2O2/c1-15-6-7-16(21)12-19(15)24-10-8-23(9-11-24)13-17(25)14-26-20-5-3-2-4-18(20)22/h2-7,12,17,25H,8-11,13-14H2,1H3. The van der Waals surface area contributed by atoms with Gasteiger partial charge in [0, 0.05) is 43.4 Å². The summed E-state index contributed by atoms with van der Waals surface area (Å²) in [6, 6.07) is 13.3. The van der Waals surface area contributed by atoms with Crippen LogP contribution in [0.5, 0.6) is 5.75 Å². The van der Waals surface area contributed by atoms with E-state index in [2.05, 4.69) is 22.8 Å². The third-order valence-corrected chi connectivity index (χ3v) is 5.17. The van der Waals surface area contributed by atoms with Gasteiger partial charge in [-0.3, -0.25) is 4.90 Å². The summed E-state index contributed by atoms with van der Waals surface area (Å²) in [5.41, 5.74) is 2.43. The molecule has 3 rings (SSSR count). The molecule has 26 heavy (non-hydrogen) atoms. The number of hydrogen-bond acceptors (Lipinski definition) is 4. The second-order valence-corrected chi connectivity index (χ2v) is 7.46. The molecule has 1 fully saturated rings. The van der Waals surface area contributed by atoms with E-state index in [-0.39, 0.29) is 6.61 Å². The van der Waals surface area contributed by atoms with Gasteiger partial charge in [-0.2, -0.15) is 0 Å². The van der Waals surface area contributed by atoms with Crippen LogP contribution in [-0.4, -0.2) is 55.4 Å². The Labute approximate surface area is 164 Å². The Morgan fingerprint density at radius 3 is 2.54 bits per heavy atom. The average molecular weight is 395 g/mol. The lowest BCUT2D eigenvalue weighted by atomic mass is 10.1. The van der Waals surface area contributed by atoms with Crippen molar-refractivity contribution in [1.82, 2.24) is 4.90 Å². The number of aliphatic hydroxyl groups is 1. The number of β-amino-alcohol motifs (C(OH)–C–C–N with tert-alkyl or cyclic N) is 1. The molecule has 4 nitrogen and oxygen atoms in total. The minimum absolute atomic E-state index is 0.233. The third-order valence-electron chi connectivity index (χ3n) is 4.62. The fraction of sp³-hybridized carbons (Fsp3) is 0.400. The predicted octanol–water partition coefficient (Wildman–Crippen LogP) is 3.86. The molecule has 1 N–H and O–H groups in total. The maximum absolute atomic E-state index is 10.3. The third kappa shape index (κ3) is 5.04. The van der Waals surface area contributed by atoms with Crippen molar-refractivity contribution >= 4 is 28.9 Å². The number of aryl methyl sites for hydroxylation is 1. The van der Waals surface area contributed by atoms with Crippen molar-refractivity contribution in [2.45, 2.75) is 13.0 Å². The highest BCUT2D eigenvalue weighted by atomic mass is 35.5. The van der Waals surface area contributed by atoms with Crippen LogP contribution in [0.2, 0.25) is 10.0 Å². The summed E-state index contributed by atoms with van der Waals surface area (Å²) in [6.45, 7) is 6.56. The molecule has 0 amide bonds. The normalized spacial score (nSPS) is 16.5. The average Bonchev–Trinajstić information content (AvgIpc) is 2.64. The van der Waals surface area contributed by atoms with Crippen LogP contribution in [0.1, 0.15) is 5.56 Å². The Bertz CT molecular complexity index is 734. The number of anilines is 1. The molecule has 0 saturated carbocycles. The molecule has 0 aromatic heterocycles. The van der Waals surface area contributed by atoms with Crippen LogP contribution in [0, 0.1) is 6.92 Å². The van der Waals surface area contributed by atoms with Gasteiger partial charge in [-0.25, -0.2) is 0 Å². The van der Waals surface area contributed by atoms with E-state index in [1.807, 2.05) is 24.3 Å². The van der Waals surface area contributed by atoms with E-state index in [0.717, 1.165) is 31.2 Å². The predicted molar refractivity (Wildman–Crippen MR) is 108 cm³/mol. The Kier molecular flexibility index (Phi) is 6.65. The number of aliphatic hydroxyl groups excluding tert-OH is 1. The first-order valence-corrected chi connectivity index (χ1v) is 9.57. The second kappa shape index (κ2) is 8.96. The Balaban J connectivity index is 1.46. The van der Waals surface area contributed by atoms with Gasteiger partial charge in [0.05, 0.1) is 5.02 Å². The van der Waals surface area contributed by atoms with E-state index in [1.54, 1.807) is 12.1 Å². The molecule has 0 bridgehead atoms. The van der Waals surface area contributed by atoms with Crippen molar-refractivity contribution < 1.29 is 9.84 Å². The first-order valence-electron chi connectivity index (χ1n) is 8.82. The molecule has 1 heterocycles. The zero-order valence-corrected chi connectivity index (χ0v) is 16.4. The molecule has 0 spiro atoms. The molecule has 0 radical (unpaired) electrons. The summed E-state index contributed by atoms with van der Waals surface area (Å²) in [5, 5.41) is 11.6. The summed E-state index contributed by atoms with van der Waals surface area (Å²) >= 11 is 12.2. The fourth-order valence-electron chi connectivity index (χ4n) is 3.19. The van der Waals surface area contributed by atoms with E-state index in [4.69, 9.17) is 27.9 Å². The fourth-order valence-corrected chi connectivity index (χ4v) is 3.55. The van der Waals surface area contributed by atoms with E-state index in [9.17, 15) is 5.11 Å². The van der Waals surface area contributed by atoms with Gasteiger partial charge in [0.1, 0.15) is 18.5 Å². The number of nitrogens with zero attached hydrogens (tertiary/aromatic N) is 2. The smallest absolute Gasteiger partial charge is 0.138 e. The number of hydrogen-bond donors (Lipinski definition) is 1. The molecule has 2 aromatic carbocycles. The summed E-state index contributed by atoms with van der Waals surface area (Å²) in [7, 11) is 0. The van der Waals surface area contributed by atoms with Gasteiger partial charge in [-0.1, -0.05) is 41.4 Å². The van der Waals surface area contributed by atoms with E-state index < -0.39 is 6.10 Å². The largest absolute Gasteiger partial charge is 0.489 e. The maximum Gasteiger partial charge on any atom is 0.138 e. The minimum atomic E-state index is -0.550. The van der Waals surface area contributed by atoms with Crippen LogP contribution in [-0.2, 0) is 0 Å². The molecule has 1 unspecified atom stereocenters. The van der Waals surface area contributed by atoms with Gasteiger partial charge < -0.3 is 14.7 Å². The second-order valence-electron chi connectivity index (χ2n) is 6.61. The van der Waals surface area contributed by atoms with Gasteiger partial charge >= 0.3 is 0 Å². The number of para-hydroxylation sites is 1. The number of rotatable bonds is 6.